The van der Waals surface area contributed by atoms with Crippen molar-refractivity contribution in [1.82, 2.24) is 14.9 Å². The van der Waals surface area contributed by atoms with Gasteiger partial charge >= 0.3 is 18.0 Å². The number of piperidine rings is 1. The summed E-state index contributed by atoms with van der Waals surface area (Å²) in [6.45, 7) is 3.90. The third-order valence-electron chi connectivity index (χ3n) is 6.02. The molecule has 2 heterocycles. The minimum atomic E-state index is -4.68. The molecule has 2 N–H and O–H groups in total. The fraction of sp³-hybridized carbons (Fsp3) is 0.346. The smallest absolute Gasteiger partial charge is 0.420 e. The first-order chi connectivity index (χ1) is 17.5. The maximum Gasteiger partial charge on any atom is 0.420 e. The first-order valence-corrected chi connectivity index (χ1v) is 12.6. The summed E-state index contributed by atoms with van der Waals surface area (Å²) in [6, 6.07) is 11.0. The average molecular weight is 579 g/mol. The Balaban J connectivity index is 1.36. The van der Waals surface area contributed by atoms with Crippen LogP contribution in [0.25, 0.3) is 11.3 Å². The van der Waals surface area contributed by atoms with Crippen LogP contribution in [0.2, 0.25) is 0 Å². The van der Waals surface area contributed by atoms with E-state index < -0.39 is 29.7 Å². The molecule has 1 aliphatic rings. The SMILES string of the molecule is CC(C)Oc1ccc(NC(=O)C(=O)N2CCC(c3ncc(-c4ccc(Br)cc4)[nH]3)CC2)cc1C(F)(F)F. The number of aromatic amines is 1. The number of hydrogen-bond donors (Lipinski definition) is 2. The highest BCUT2D eigenvalue weighted by atomic mass is 79.9. The number of halogens is 4. The van der Waals surface area contributed by atoms with Crippen LogP contribution in [0, 0.1) is 0 Å². The van der Waals surface area contributed by atoms with Crippen LogP contribution in [0.3, 0.4) is 0 Å². The lowest BCUT2D eigenvalue weighted by atomic mass is 9.96. The van der Waals surface area contributed by atoms with Gasteiger partial charge in [-0.3, -0.25) is 9.59 Å². The molecule has 1 fully saturated rings. The van der Waals surface area contributed by atoms with E-state index in [-0.39, 0.29) is 17.4 Å². The third-order valence-corrected chi connectivity index (χ3v) is 6.55. The van der Waals surface area contributed by atoms with E-state index in [2.05, 4.69) is 31.2 Å². The molecule has 0 bridgehead atoms. The molecular weight excluding hydrogens is 553 g/mol. The third kappa shape index (κ3) is 6.51. The molecule has 1 saturated heterocycles. The largest absolute Gasteiger partial charge is 0.490 e. The van der Waals surface area contributed by atoms with Crippen LogP contribution < -0.4 is 10.1 Å². The van der Waals surface area contributed by atoms with Gasteiger partial charge in [-0.05, 0) is 62.6 Å². The number of likely N-dealkylation sites (tertiary alicyclic amines) is 1. The van der Waals surface area contributed by atoms with Crippen LogP contribution in [0.4, 0.5) is 18.9 Å². The first-order valence-electron chi connectivity index (χ1n) is 11.8. The highest BCUT2D eigenvalue weighted by Crippen LogP contribution is 2.38. The summed E-state index contributed by atoms with van der Waals surface area (Å²) in [6.07, 6.45) is -2.16. The van der Waals surface area contributed by atoms with Crippen molar-refractivity contribution in [1.29, 1.82) is 0 Å². The number of benzene rings is 2. The number of carbonyl (C=O) groups is 2. The number of aromatic nitrogens is 2. The molecular formula is C26H26BrF3N4O3. The Morgan fingerprint density at radius 3 is 2.43 bits per heavy atom. The van der Waals surface area contributed by atoms with Crippen molar-refractivity contribution in [2.24, 2.45) is 0 Å². The Bertz CT molecular complexity index is 1270. The highest BCUT2D eigenvalue weighted by Gasteiger charge is 2.35. The number of alkyl halides is 3. The van der Waals surface area contributed by atoms with Crippen molar-refractivity contribution in [2.75, 3.05) is 18.4 Å². The van der Waals surface area contributed by atoms with E-state index in [0.717, 1.165) is 33.7 Å². The second-order valence-electron chi connectivity index (χ2n) is 9.08. The van der Waals surface area contributed by atoms with Crippen LogP contribution >= 0.6 is 15.9 Å². The molecule has 0 atom stereocenters. The summed E-state index contributed by atoms with van der Waals surface area (Å²) >= 11 is 3.42. The molecule has 0 radical (unpaired) electrons. The van der Waals surface area contributed by atoms with Crippen molar-refractivity contribution in [3.8, 4) is 17.0 Å². The standard InChI is InChI=1S/C26H26BrF3N4O3/c1-15(2)37-22-8-7-19(13-20(22)26(28,29)30)32-24(35)25(36)34-11-9-17(10-12-34)23-31-14-21(33-23)16-3-5-18(27)6-4-16/h3-8,13-15,17H,9-12H2,1-2H3,(H,31,33)(H,32,35). The number of H-pyrrole nitrogens is 1. The zero-order valence-corrected chi connectivity index (χ0v) is 21.8. The molecule has 37 heavy (non-hydrogen) atoms. The van der Waals surface area contributed by atoms with Gasteiger partial charge in [-0.25, -0.2) is 4.98 Å². The van der Waals surface area contributed by atoms with E-state index in [1.807, 2.05) is 24.3 Å². The Hall–Kier alpha value is -3.34. The van der Waals surface area contributed by atoms with E-state index in [4.69, 9.17) is 4.74 Å². The first kappa shape index (κ1) is 26.7. The number of carbonyl (C=O) groups excluding carboxylic acids is 2. The van der Waals surface area contributed by atoms with E-state index in [1.165, 1.54) is 11.0 Å². The highest BCUT2D eigenvalue weighted by molar-refractivity contribution is 9.10. The van der Waals surface area contributed by atoms with Gasteiger partial charge in [0.1, 0.15) is 11.6 Å². The average Bonchev–Trinajstić information content (AvgIpc) is 3.34. The molecule has 2 amide bonds. The van der Waals surface area contributed by atoms with Gasteiger partial charge in [0.15, 0.2) is 0 Å². The van der Waals surface area contributed by atoms with Gasteiger partial charge in [0.25, 0.3) is 0 Å². The number of amides is 2. The van der Waals surface area contributed by atoms with Gasteiger partial charge < -0.3 is 19.9 Å². The van der Waals surface area contributed by atoms with Gasteiger partial charge in [-0.15, -0.1) is 0 Å². The van der Waals surface area contributed by atoms with Crippen molar-refractivity contribution in [3.05, 3.63) is 64.5 Å². The van der Waals surface area contributed by atoms with Gasteiger partial charge in [0, 0.05) is 29.2 Å². The predicted octanol–water partition coefficient (Wildman–Crippen LogP) is 5.99. The predicted molar refractivity (Wildman–Crippen MR) is 136 cm³/mol. The van der Waals surface area contributed by atoms with E-state index in [0.29, 0.717) is 25.9 Å². The van der Waals surface area contributed by atoms with Gasteiger partial charge in [-0.2, -0.15) is 13.2 Å². The fourth-order valence-corrected chi connectivity index (χ4v) is 4.45. The lowest BCUT2D eigenvalue weighted by molar-refractivity contribution is -0.143. The molecule has 4 rings (SSSR count). The fourth-order valence-electron chi connectivity index (χ4n) is 4.19. The zero-order valence-electron chi connectivity index (χ0n) is 20.2. The van der Waals surface area contributed by atoms with E-state index in [1.54, 1.807) is 20.0 Å². The minimum Gasteiger partial charge on any atom is -0.490 e. The van der Waals surface area contributed by atoms with Crippen LogP contribution in [-0.4, -0.2) is 45.9 Å². The quantitative estimate of drug-likeness (QED) is 0.364. The second-order valence-corrected chi connectivity index (χ2v) is 10.0. The van der Waals surface area contributed by atoms with Crippen molar-refractivity contribution in [3.63, 3.8) is 0 Å². The molecule has 1 aliphatic heterocycles. The summed E-state index contributed by atoms with van der Waals surface area (Å²) in [7, 11) is 0. The normalized spacial score (nSPS) is 14.6. The molecule has 3 aromatic rings. The van der Waals surface area contributed by atoms with Gasteiger partial charge in [0.05, 0.1) is 23.6 Å². The summed E-state index contributed by atoms with van der Waals surface area (Å²) in [4.78, 5) is 34.5. The van der Waals surface area contributed by atoms with Crippen LogP contribution in [0.15, 0.2) is 53.1 Å². The number of anilines is 1. The lowest BCUT2D eigenvalue weighted by Gasteiger charge is -2.30. The number of imidazole rings is 1. The summed E-state index contributed by atoms with van der Waals surface area (Å²) in [5, 5.41) is 2.29. The number of ether oxygens (including phenoxy) is 1. The maximum absolute atomic E-state index is 13.5. The molecule has 196 valence electrons. The Labute approximate surface area is 220 Å². The molecule has 0 saturated carbocycles. The molecule has 0 unspecified atom stereocenters. The monoisotopic (exact) mass is 578 g/mol. The van der Waals surface area contributed by atoms with Crippen molar-refractivity contribution in [2.45, 2.75) is 44.9 Å². The summed E-state index contributed by atoms with van der Waals surface area (Å²) < 4.78 is 46.7. The summed E-state index contributed by atoms with van der Waals surface area (Å²) in [5.41, 5.74) is 0.744. The van der Waals surface area contributed by atoms with Crippen molar-refractivity contribution >= 4 is 33.4 Å². The molecule has 0 aliphatic carbocycles. The number of rotatable bonds is 5. The number of nitrogens with one attached hydrogen (secondary N) is 2. The Morgan fingerprint density at radius 1 is 1.14 bits per heavy atom. The van der Waals surface area contributed by atoms with Crippen molar-refractivity contribution < 1.29 is 27.5 Å². The number of hydrogen-bond acceptors (Lipinski definition) is 4. The van der Waals surface area contributed by atoms with Crippen LogP contribution in [-0.2, 0) is 15.8 Å². The maximum atomic E-state index is 13.5. The Morgan fingerprint density at radius 2 is 1.81 bits per heavy atom. The molecule has 0 spiro atoms. The topological polar surface area (TPSA) is 87.3 Å². The van der Waals surface area contributed by atoms with Gasteiger partial charge in [0.2, 0.25) is 0 Å². The lowest BCUT2D eigenvalue weighted by Crippen LogP contribution is -2.44. The van der Waals surface area contributed by atoms with Gasteiger partial charge in [-0.1, -0.05) is 28.1 Å². The van der Waals surface area contributed by atoms with E-state index >= 15 is 0 Å². The van der Waals surface area contributed by atoms with Crippen LogP contribution in [0.5, 0.6) is 5.75 Å². The minimum absolute atomic E-state index is 0.0964. The Kier molecular flexibility index (Phi) is 7.91. The number of nitrogens with zero attached hydrogens (tertiary/aromatic N) is 2. The van der Waals surface area contributed by atoms with Crippen LogP contribution in [0.1, 0.15) is 44.0 Å². The molecule has 1 aromatic heterocycles. The molecule has 2 aromatic carbocycles. The molecule has 11 heteroatoms. The van der Waals surface area contributed by atoms with E-state index in [9.17, 15) is 22.8 Å². The second kappa shape index (κ2) is 11.0. The zero-order chi connectivity index (χ0) is 26.7. The molecule has 7 nitrogen and oxygen atoms in total. The summed E-state index contributed by atoms with van der Waals surface area (Å²) in [5.74, 6) is -1.20.